The number of anilines is 1. The van der Waals surface area contributed by atoms with Gasteiger partial charge < -0.3 is 10.6 Å². The maximum Gasteiger partial charge on any atom is 0.239 e. The van der Waals surface area contributed by atoms with E-state index in [2.05, 4.69) is 42.5 Å². The van der Waals surface area contributed by atoms with E-state index >= 15 is 0 Å². The van der Waals surface area contributed by atoms with Gasteiger partial charge in [-0.1, -0.05) is 0 Å². The van der Waals surface area contributed by atoms with E-state index in [0.29, 0.717) is 12.5 Å². The highest BCUT2D eigenvalue weighted by Crippen LogP contribution is 2.32. The monoisotopic (exact) mass is 374 g/mol. The largest absolute Gasteiger partial charge is 0.374 e. The van der Waals surface area contributed by atoms with Crippen molar-refractivity contribution in [2.24, 2.45) is 5.92 Å². The van der Waals surface area contributed by atoms with E-state index in [9.17, 15) is 4.79 Å². The number of halogens is 2. The maximum absolute atomic E-state index is 11.6. The molecule has 1 aromatic rings. The van der Waals surface area contributed by atoms with Crippen LogP contribution in [0.1, 0.15) is 18.4 Å². The Bertz CT molecular complexity index is 435. The van der Waals surface area contributed by atoms with Crippen molar-refractivity contribution in [3.63, 3.8) is 0 Å². The summed E-state index contributed by atoms with van der Waals surface area (Å²) in [4.78, 5) is 11.6. The Morgan fingerprint density at radius 1 is 1.33 bits per heavy atom. The minimum absolute atomic E-state index is 0.0428. The average molecular weight is 376 g/mol. The number of carbonyl (C=O) groups excluding carboxylic acids is 1. The van der Waals surface area contributed by atoms with Gasteiger partial charge in [0.05, 0.1) is 12.2 Å². The number of hydrogen-bond donors (Lipinski definition) is 2. The predicted octanol–water partition coefficient (Wildman–Crippen LogP) is 3.46. The first-order valence-corrected chi connectivity index (χ1v) is 7.61. The van der Waals surface area contributed by atoms with Gasteiger partial charge in [0.15, 0.2) is 0 Å². The van der Waals surface area contributed by atoms with Crippen molar-refractivity contribution in [2.45, 2.75) is 19.8 Å². The lowest BCUT2D eigenvalue weighted by molar-refractivity contribution is -0.119. The zero-order valence-corrected chi connectivity index (χ0v) is 13.4. The normalized spacial score (nSPS) is 14.4. The van der Waals surface area contributed by atoms with E-state index in [4.69, 9.17) is 0 Å². The highest BCUT2D eigenvalue weighted by molar-refractivity contribution is 9.11. The zero-order chi connectivity index (χ0) is 13.1. The minimum Gasteiger partial charge on any atom is -0.374 e. The SMILES string of the molecule is Cc1cc(Br)c(NCC(=O)NCC2CC2)c(Br)c1. The molecule has 0 saturated heterocycles. The molecule has 98 valence electrons. The smallest absolute Gasteiger partial charge is 0.239 e. The van der Waals surface area contributed by atoms with Crippen molar-refractivity contribution in [1.29, 1.82) is 0 Å². The third-order valence-corrected chi connectivity index (χ3v) is 4.15. The van der Waals surface area contributed by atoms with E-state index < -0.39 is 0 Å². The van der Waals surface area contributed by atoms with Gasteiger partial charge in [-0.05, 0) is 75.2 Å². The van der Waals surface area contributed by atoms with Crippen LogP contribution in [-0.2, 0) is 4.79 Å². The van der Waals surface area contributed by atoms with E-state index in [1.165, 1.54) is 12.8 Å². The summed E-state index contributed by atoms with van der Waals surface area (Å²) in [5.74, 6) is 0.757. The molecule has 2 rings (SSSR count). The summed E-state index contributed by atoms with van der Waals surface area (Å²) in [6, 6.07) is 4.05. The lowest BCUT2D eigenvalue weighted by atomic mass is 10.2. The molecule has 0 aliphatic heterocycles. The molecular weight excluding hydrogens is 360 g/mol. The van der Waals surface area contributed by atoms with Crippen molar-refractivity contribution in [2.75, 3.05) is 18.4 Å². The highest BCUT2D eigenvalue weighted by Gasteiger charge is 2.21. The Kier molecular flexibility index (Phi) is 4.67. The van der Waals surface area contributed by atoms with Gasteiger partial charge in [0.25, 0.3) is 0 Å². The van der Waals surface area contributed by atoms with Crippen molar-refractivity contribution in [3.05, 3.63) is 26.6 Å². The molecule has 3 nitrogen and oxygen atoms in total. The molecular formula is C13H16Br2N2O. The fourth-order valence-corrected chi connectivity index (χ4v) is 3.38. The molecule has 1 aliphatic carbocycles. The summed E-state index contributed by atoms with van der Waals surface area (Å²) in [6.45, 7) is 3.14. The molecule has 0 aromatic heterocycles. The lowest BCUT2D eigenvalue weighted by Crippen LogP contribution is -2.31. The first-order valence-electron chi connectivity index (χ1n) is 6.02. The van der Waals surface area contributed by atoms with E-state index in [1.807, 2.05) is 19.1 Å². The third-order valence-electron chi connectivity index (χ3n) is 2.90. The van der Waals surface area contributed by atoms with Crippen LogP contribution in [0.5, 0.6) is 0 Å². The highest BCUT2D eigenvalue weighted by atomic mass is 79.9. The summed E-state index contributed by atoms with van der Waals surface area (Å²) in [5.41, 5.74) is 2.08. The summed E-state index contributed by atoms with van der Waals surface area (Å²) >= 11 is 6.99. The van der Waals surface area contributed by atoms with Crippen molar-refractivity contribution >= 4 is 43.5 Å². The minimum atomic E-state index is 0.0428. The predicted molar refractivity (Wildman–Crippen MR) is 80.8 cm³/mol. The Morgan fingerprint density at radius 2 is 1.94 bits per heavy atom. The fraction of sp³-hybridized carbons (Fsp3) is 0.462. The van der Waals surface area contributed by atoms with Gasteiger partial charge >= 0.3 is 0 Å². The van der Waals surface area contributed by atoms with E-state index in [0.717, 1.165) is 26.7 Å². The lowest BCUT2D eigenvalue weighted by Gasteiger charge is -2.12. The first-order chi connectivity index (χ1) is 8.56. The van der Waals surface area contributed by atoms with Gasteiger partial charge in [0.2, 0.25) is 5.91 Å². The Hall–Kier alpha value is -0.550. The van der Waals surface area contributed by atoms with Gasteiger partial charge in [-0.3, -0.25) is 4.79 Å². The quantitative estimate of drug-likeness (QED) is 0.827. The van der Waals surface area contributed by atoms with Crippen LogP contribution in [0.15, 0.2) is 21.1 Å². The number of nitrogens with one attached hydrogen (secondary N) is 2. The van der Waals surface area contributed by atoms with Gasteiger partial charge in [-0.25, -0.2) is 0 Å². The van der Waals surface area contributed by atoms with Gasteiger partial charge in [0, 0.05) is 15.5 Å². The average Bonchev–Trinajstić information content (AvgIpc) is 3.08. The van der Waals surface area contributed by atoms with Crippen molar-refractivity contribution in [3.8, 4) is 0 Å². The fourth-order valence-electron chi connectivity index (χ4n) is 1.68. The summed E-state index contributed by atoms with van der Waals surface area (Å²) in [6.07, 6.45) is 2.51. The Morgan fingerprint density at radius 3 is 2.50 bits per heavy atom. The number of rotatable bonds is 5. The molecule has 0 unspecified atom stereocenters. The van der Waals surface area contributed by atoms with Crippen molar-refractivity contribution in [1.82, 2.24) is 5.32 Å². The van der Waals surface area contributed by atoms with E-state index in [1.54, 1.807) is 0 Å². The summed E-state index contributed by atoms with van der Waals surface area (Å²) < 4.78 is 1.92. The molecule has 18 heavy (non-hydrogen) atoms. The molecule has 1 fully saturated rings. The Labute approximate surface area is 124 Å². The van der Waals surface area contributed by atoms with Crippen LogP contribution in [0.2, 0.25) is 0 Å². The summed E-state index contributed by atoms with van der Waals surface area (Å²) in [5, 5.41) is 6.08. The topological polar surface area (TPSA) is 41.1 Å². The summed E-state index contributed by atoms with van der Waals surface area (Å²) in [7, 11) is 0. The van der Waals surface area contributed by atoms with Crippen molar-refractivity contribution < 1.29 is 4.79 Å². The number of carbonyl (C=O) groups is 1. The molecule has 0 bridgehead atoms. The Balaban J connectivity index is 1.86. The number of amides is 1. The standard InChI is InChI=1S/C13H16Br2N2O/c1-8-4-10(14)13(11(15)5-8)17-7-12(18)16-6-9-2-3-9/h4-5,9,17H,2-3,6-7H2,1H3,(H,16,18). The van der Waals surface area contributed by atoms with Crippen LogP contribution in [0.25, 0.3) is 0 Å². The molecule has 0 heterocycles. The zero-order valence-electron chi connectivity index (χ0n) is 10.2. The molecule has 1 aromatic carbocycles. The van der Waals surface area contributed by atoms with Gasteiger partial charge in [-0.15, -0.1) is 0 Å². The second kappa shape index (κ2) is 6.06. The van der Waals surface area contributed by atoms with Crippen LogP contribution < -0.4 is 10.6 Å². The molecule has 0 atom stereocenters. The third kappa shape index (κ3) is 3.99. The molecule has 1 saturated carbocycles. The molecule has 5 heteroatoms. The molecule has 1 amide bonds. The van der Waals surface area contributed by atoms with Crippen LogP contribution >= 0.6 is 31.9 Å². The molecule has 1 aliphatic rings. The molecule has 2 N–H and O–H groups in total. The second-order valence-electron chi connectivity index (χ2n) is 4.70. The number of aryl methyl sites for hydroxylation is 1. The second-order valence-corrected chi connectivity index (χ2v) is 6.41. The van der Waals surface area contributed by atoms with Gasteiger partial charge in [-0.2, -0.15) is 0 Å². The molecule has 0 radical (unpaired) electrons. The van der Waals surface area contributed by atoms with Crippen LogP contribution in [0.3, 0.4) is 0 Å². The van der Waals surface area contributed by atoms with Crippen LogP contribution in [0, 0.1) is 12.8 Å². The maximum atomic E-state index is 11.6. The van der Waals surface area contributed by atoms with Crippen LogP contribution in [0.4, 0.5) is 5.69 Å². The number of benzene rings is 1. The molecule has 0 spiro atoms. The van der Waals surface area contributed by atoms with Gasteiger partial charge in [0.1, 0.15) is 0 Å². The first kappa shape index (κ1) is 13.9. The van der Waals surface area contributed by atoms with Crippen LogP contribution in [-0.4, -0.2) is 19.0 Å². The van der Waals surface area contributed by atoms with E-state index in [-0.39, 0.29) is 5.91 Å². The number of hydrogen-bond acceptors (Lipinski definition) is 2.